The van der Waals surface area contributed by atoms with E-state index in [-0.39, 0.29) is 11.1 Å². The van der Waals surface area contributed by atoms with Crippen LogP contribution < -0.4 is 5.32 Å². The average molecular weight is 314 g/mol. The summed E-state index contributed by atoms with van der Waals surface area (Å²) < 4.78 is 13.1. The molecule has 0 radical (unpaired) electrons. The summed E-state index contributed by atoms with van der Waals surface area (Å²) in [6.45, 7) is 6.28. The van der Waals surface area contributed by atoms with Crippen molar-refractivity contribution in [3.63, 3.8) is 0 Å². The first-order valence-corrected chi connectivity index (χ1v) is 7.69. The molecule has 1 aromatic heterocycles. The number of aromatic nitrogens is 2. The zero-order valence-corrected chi connectivity index (χ0v) is 13.2. The molecule has 2 aromatic rings. The molecule has 1 heterocycles. The van der Waals surface area contributed by atoms with Crippen LogP contribution in [0.1, 0.15) is 37.4 Å². The van der Waals surface area contributed by atoms with Crippen LogP contribution in [-0.4, -0.2) is 10.2 Å². The van der Waals surface area contributed by atoms with Crippen molar-refractivity contribution >= 4 is 28.1 Å². The van der Waals surface area contributed by atoms with Gasteiger partial charge >= 0.3 is 0 Å². The Balaban J connectivity index is 2.05. The van der Waals surface area contributed by atoms with Crippen molar-refractivity contribution in [2.75, 3.05) is 5.32 Å². The van der Waals surface area contributed by atoms with Crippen LogP contribution in [0.2, 0.25) is 5.02 Å². The highest BCUT2D eigenvalue weighted by molar-refractivity contribution is 7.15. The van der Waals surface area contributed by atoms with Gasteiger partial charge in [-0.3, -0.25) is 0 Å². The molecule has 0 aliphatic rings. The normalized spacial score (nSPS) is 12.7. The van der Waals surface area contributed by atoms with Crippen molar-refractivity contribution in [1.29, 1.82) is 0 Å². The maximum Gasteiger partial charge on any atom is 0.206 e. The quantitative estimate of drug-likeness (QED) is 0.869. The molecule has 1 atom stereocenters. The van der Waals surface area contributed by atoms with Gasteiger partial charge in [0.15, 0.2) is 0 Å². The molecule has 108 valence electrons. The highest BCUT2D eigenvalue weighted by Crippen LogP contribution is 2.26. The Hall–Kier alpha value is -1.20. The van der Waals surface area contributed by atoms with Crippen LogP contribution >= 0.6 is 22.9 Å². The lowest BCUT2D eigenvalue weighted by molar-refractivity contribution is 0.627. The number of benzene rings is 1. The van der Waals surface area contributed by atoms with Crippen LogP contribution in [0.25, 0.3) is 0 Å². The van der Waals surface area contributed by atoms with Crippen molar-refractivity contribution < 1.29 is 4.39 Å². The Labute approximate surface area is 127 Å². The van der Waals surface area contributed by atoms with Gasteiger partial charge in [0, 0.05) is 6.42 Å². The predicted molar refractivity (Wildman–Crippen MR) is 81.9 cm³/mol. The minimum Gasteiger partial charge on any atom is -0.354 e. The number of halogens is 2. The van der Waals surface area contributed by atoms with Gasteiger partial charge in [0.05, 0.1) is 11.1 Å². The number of anilines is 1. The molecule has 6 heteroatoms. The SMILES string of the molecule is CC(C)Cc1nnc(NC(C)c2ccc(F)c(Cl)c2)s1. The van der Waals surface area contributed by atoms with E-state index in [1.54, 1.807) is 23.5 Å². The molecular weight excluding hydrogens is 297 g/mol. The topological polar surface area (TPSA) is 37.8 Å². The third kappa shape index (κ3) is 3.90. The third-order valence-corrected chi connectivity index (χ3v) is 4.00. The summed E-state index contributed by atoms with van der Waals surface area (Å²) in [4.78, 5) is 0. The van der Waals surface area contributed by atoms with Gasteiger partial charge in [-0.1, -0.05) is 42.9 Å². The fourth-order valence-electron chi connectivity index (χ4n) is 1.79. The van der Waals surface area contributed by atoms with Crippen molar-refractivity contribution in [3.8, 4) is 0 Å². The lowest BCUT2D eigenvalue weighted by atomic mass is 10.1. The van der Waals surface area contributed by atoms with Crippen LogP contribution in [0, 0.1) is 11.7 Å². The maximum atomic E-state index is 13.1. The number of rotatable bonds is 5. The van der Waals surface area contributed by atoms with E-state index in [0.717, 1.165) is 22.1 Å². The zero-order valence-electron chi connectivity index (χ0n) is 11.7. The van der Waals surface area contributed by atoms with Crippen molar-refractivity contribution in [3.05, 3.63) is 39.6 Å². The van der Waals surface area contributed by atoms with E-state index < -0.39 is 5.82 Å². The predicted octanol–water partition coefficient (Wildman–Crippen LogP) is 4.70. The molecule has 0 saturated heterocycles. The van der Waals surface area contributed by atoms with Gasteiger partial charge in [0.25, 0.3) is 0 Å². The molecule has 1 N–H and O–H groups in total. The number of hydrogen-bond acceptors (Lipinski definition) is 4. The summed E-state index contributed by atoms with van der Waals surface area (Å²) in [6.07, 6.45) is 0.927. The second-order valence-corrected chi connectivity index (χ2v) is 6.61. The molecule has 3 nitrogen and oxygen atoms in total. The summed E-state index contributed by atoms with van der Waals surface area (Å²) in [6, 6.07) is 4.72. The maximum absolute atomic E-state index is 13.1. The van der Waals surface area contributed by atoms with Gasteiger partial charge < -0.3 is 5.32 Å². The fraction of sp³-hybridized carbons (Fsp3) is 0.429. The monoisotopic (exact) mass is 313 g/mol. The van der Waals surface area contributed by atoms with Crippen molar-refractivity contribution in [2.45, 2.75) is 33.2 Å². The molecule has 0 saturated carbocycles. The molecule has 1 aromatic carbocycles. The van der Waals surface area contributed by atoms with Gasteiger partial charge in [0.2, 0.25) is 5.13 Å². The number of nitrogens with one attached hydrogen (secondary N) is 1. The van der Waals surface area contributed by atoms with Gasteiger partial charge in [-0.25, -0.2) is 4.39 Å². The van der Waals surface area contributed by atoms with Crippen LogP contribution in [0.3, 0.4) is 0 Å². The lowest BCUT2D eigenvalue weighted by Crippen LogP contribution is -2.06. The minimum atomic E-state index is -0.405. The van der Waals surface area contributed by atoms with E-state index in [9.17, 15) is 4.39 Å². The van der Waals surface area contributed by atoms with Crippen molar-refractivity contribution in [2.24, 2.45) is 5.92 Å². The molecule has 0 amide bonds. The molecule has 1 unspecified atom stereocenters. The summed E-state index contributed by atoms with van der Waals surface area (Å²) >= 11 is 7.35. The second kappa shape index (κ2) is 6.50. The Morgan fingerprint density at radius 3 is 2.70 bits per heavy atom. The number of hydrogen-bond donors (Lipinski definition) is 1. The average Bonchev–Trinajstić information content (AvgIpc) is 2.79. The Morgan fingerprint density at radius 2 is 2.05 bits per heavy atom. The highest BCUT2D eigenvalue weighted by Gasteiger charge is 2.11. The highest BCUT2D eigenvalue weighted by atomic mass is 35.5. The summed E-state index contributed by atoms with van der Waals surface area (Å²) in [5, 5.41) is 13.5. The Bertz CT molecular complexity index is 586. The first-order chi connectivity index (χ1) is 9.45. The van der Waals surface area contributed by atoms with Crippen LogP contribution in [-0.2, 0) is 6.42 Å². The van der Waals surface area contributed by atoms with Gasteiger partial charge in [0.1, 0.15) is 10.8 Å². The van der Waals surface area contributed by atoms with E-state index in [1.165, 1.54) is 6.07 Å². The Morgan fingerprint density at radius 1 is 1.30 bits per heavy atom. The second-order valence-electron chi connectivity index (χ2n) is 5.14. The molecular formula is C14H17ClFN3S. The molecule has 0 spiro atoms. The third-order valence-electron chi connectivity index (χ3n) is 2.83. The minimum absolute atomic E-state index is 0.00653. The molecule has 0 aliphatic carbocycles. The molecule has 2 rings (SSSR count). The van der Waals surface area contributed by atoms with E-state index in [0.29, 0.717) is 5.92 Å². The molecule has 20 heavy (non-hydrogen) atoms. The largest absolute Gasteiger partial charge is 0.354 e. The summed E-state index contributed by atoms with van der Waals surface area (Å²) in [7, 11) is 0. The van der Waals surface area contributed by atoms with Gasteiger partial charge in [-0.05, 0) is 30.5 Å². The Kier molecular flexibility index (Phi) is 4.94. The van der Waals surface area contributed by atoms with Crippen LogP contribution in [0.5, 0.6) is 0 Å². The smallest absolute Gasteiger partial charge is 0.206 e. The van der Waals surface area contributed by atoms with E-state index in [2.05, 4.69) is 29.4 Å². The first kappa shape index (κ1) is 15.2. The standard InChI is InChI=1S/C14H17ClFN3S/c1-8(2)6-13-18-19-14(20-13)17-9(3)10-4-5-12(16)11(15)7-10/h4-5,7-9H,6H2,1-3H3,(H,17,19). The zero-order chi connectivity index (χ0) is 14.7. The number of nitrogens with zero attached hydrogens (tertiary/aromatic N) is 2. The molecule has 0 aliphatic heterocycles. The van der Waals surface area contributed by atoms with Crippen LogP contribution in [0.4, 0.5) is 9.52 Å². The first-order valence-electron chi connectivity index (χ1n) is 6.49. The molecule has 0 fully saturated rings. The van der Waals surface area contributed by atoms with Crippen molar-refractivity contribution in [1.82, 2.24) is 10.2 Å². The van der Waals surface area contributed by atoms with E-state index >= 15 is 0 Å². The summed E-state index contributed by atoms with van der Waals surface area (Å²) in [5.41, 5.74) is 0.914. The van der Waals surface area contributed by atoms with Gasteiger partial charge in [-0.2, -0.15) is 0 Å². The van der Waals surface area contributed by atoms with E-state index in [4.69, 9.17) is 11.6 Å². The van der Waals surface area contributed by atoms with Gasteiger partial charge in [-0.15, -0.1) is 10.2 Å². The molecule has 0 bridgehead atoms. The lowest BCUT2D eigenvalue weighted by Gasteiger charge is -2.13. The fourth-order valence-corrected chi connectivity index (χ4v) is 3.02. The summed E-state index contributed by atoms with van der Waals surface area (Å²) in [5.74, 6) is 0.155. The van der Waals surface area contributed by atoms with E-state index in [1.807, 2.05) is 6.92 Å². The van der Waals surface area contributed by atoms with Crippen LogP contribution in [0.15, 0.2) is 18.2 Å².